The lowest BCUT2D eigenvalue weighted by Crippen LogP contribution is -2.31. The Kier molecular flexibility index (Phi) is 8.55. The predicted octanol–water partition coefficient (Wildman–Crippen LogP) is 3.95. The van der Waals surface area contributed by atoms with Crippen LogP contribution in [0.3, 0.4) is 0 Å². The number of nitrogens with one attached hydrogen (secondary N) is 1. The summed E-state index contributed by atoms with van der Waals surface area (Å²) in [6.45, 7) is 4.48. The van der Waals surface area contributed by atoms with Gasteiger partial charge in [0.1, 0.15) is 4.21 Å². The molecule has 0 saturated carbocycles. The number of sulfonamides is 1. The van der Waals surface area contributed by atoms with E-state index in [9.17, 15) is 31.7 Å². The van der Waals surface area contributed by atoms with Crippen LogP contribution in [-0.4, -0.2) is 50.0 Å². The molecule has 11 nitrogen and oxygen atoms in total. The van der Waals surface area contributed by atoms with Gasteiger partial charge in [-0.15, -0.1) is 0 Å². The van der Waals surface area contributed by atoms with Crippen molar-refractivity contribution in [3.05, 3.63) is 70.4 Å². The van der Waals surface area contributed by atoms with Gasteiger partial charge in [-0.1, -0.05) is 31.6 Å². The first-order valence-electron chi connectivity index (χ1n) is 10.9. The van der Waals surface area contributed by atoms with Crippen LogP contribution in [0.1, 0.15) is 37.0 Å². The van der Waals surface area contributed by atoms with E-state index in [0.29, 0.717) is 13.1 Å². The molecule has 1 heterocycles. The van der Waals surface area contributed by atoms with Crippen LogP contribution in [0.4, 0.5) is 10.8 Å². The number of hydrogen-bond acceptors (Lipinski definition) is 9. The normalized spacial score (nSPS) is 12.0. The molecule has 0 atom stereocenters. The Labute approximate surface area is 212 Å². The van der Waals surface area contributed by atoms with Crippen LogP contribution in [0, 0.1) is 10.1 Å². The summed E-state index contributed by atoms with van der Waals surface area (Å²) in [5.74, 6) is -0.592. The monoisotopic (exact) mass is 552 g/mol. The summed E-state index contributed by atoms with van der Waals surface area (Å²) in [7, 11) is -7.67. The number of rotatable bonds is 11. The van der Waals surface area contributed by atoms with Crippen LogP contribution in [0.25, 0.3) is 0 Å². The Bertz CT molecular complexity index is 1450. The number of nitro benzene ring substituents is 1. The van der Waals surface area contributed by atoms with Crippen molar-refractivity contribution in [1.82, 2.24) is 9.29 Å². The van der Waals surface area contributed by atoms with Gasteiger partial charge in [0.15, 0.2) is 5.13 Å². The van der Waals surface area contributed by atoms with E-state index in [0.717, 1.165) is 54.6 Å². The second kappa shape index (κ2) is 11.2. The second-order valence-electron chi connectivity index (χ2n) is 7.57. The Balaban J connectivity index is 1.73. The molecule has 3 aromatic rings. The summed E-state index contributed by atoms with van der Waals surface area (Å²) in [6, 6.07) is 9.88. The van der Waals surface area contributed by atoms with Gasteiger partial charge < -0.3 is 0 Å². The van der Waals surface area contributed by atoms with Gasteiger partial charge in [-0.2, -0.15) is 4.31 Å². The summed E-state index contributed by atoms with van der Waals surface area (Å²) in [6.07, 6.45) is 2.68. The van der Waals surface area contributed by atoms with Gasteiger partial charge in [-0.25, -0.2) is 21.8 Å². The lowest BCUT2D eigenvalue weighted by atomic mass is 10.2. The van der Waals surface area contributed by atoms with Crippen LogP contribution in [-0.2, 0) is 19.9 Å². The third kappa shape index (κ3) is 5.95. The molecule has 192 valence electrons. The van der Waals surface area contributed by atoms with E-state index in [1.54, 1.807) is 6.92 Å². The Morgan fingerprint density at radius 2 is 1.64 bits per heavy atom. The van der Waals surface area contributed by atoms with Gasteiger partial charge in [0, 0.05) is 30.8 Å². The van der Waals surface area contributed by atoms with E-state index < -0.39 is 30.7 Å². The quantitative estimate of drug-likeness (QED) is 0.277. The van der Waals surface area contributed by atoms with Crippen molar-refractivity contribution in [2.24, 2.45) is 0 Å². The van der Waals surface area contributed by atoms with Gasteiger partial charge in [0.05, 0.1) is 20.9 Å². The molecule has 1 amide bonds. The molecule has 0 saturated heterocycles. The fraction of sp³-hybridized carbons (Fsp3) is 0.273. The minimum absolute atomic E-state index is 0.0221. The summed E-state index contributed by atoms with van der Waals surface area (Å²) < 4.78 is 52.5. The number of aromatic nitrogens is 1. The van der Waals surface area contributed by atoms with Crippen molar-refractivity contribution in [2.75, 3.05) is 18.4 Å². The van der Waals surface area contributed by atoms with Gasteiger partial charge in [-0.05, 0) is 42.8 Å². The molecule has 2 aromatic carbocycles. The van der Waals surface area contributed by atoms with E-state index in [-0.39, 0.29) is 30.4 Å². The zero-order chi connectivity index (χ0) is 26.5. The lowest BCUT2D eigenvalue weighted by Gasteiger charge is -2.20. The number of sulfone groups is 1. The fourth-order valence-electron chi connectivity index (χ4n) is 3.18. The molecule has 36 heavy (non-hydrogen) atoms. The maximum absolute atomic E-state index is 12.8. The molecule has 0 aliphatic heterocycles. The highest BCUT2D eigenvalue weighted by atomic mass is 32.2. The van der Waals surface area contributed by atoms with Gasteiger partial charge in [-0.3, -0.25) is 20.2 Å². The molecule has 0 fully saturated rings. The van der Waals surface area contributed by atoms with Crippen LogP contribution in [0.5, 0.6) is 0 Å². The molecular formula is C22H24N4O7S3. The van der Waals surface area contributed by atoms with E-state index >= 15 is 0 Å². The zero-order valence-electron chi connectivity index (χ0n) is 19.4. The average molecular weight is 553 g/mol. The van der Waals surface area contributed by atoms with Gasteiger partial charge in [0.25, 0.3) is 11.6 Å². The third-order valence-corrected chi connectivity index (χ3v) is 10.3. The third-order valence-electron chi connectivity index (χ3n) is 5.20. The van der Waals surface area contributed by atoms with Crippen molar-refractivity contribution in [1.29, 1.82) is 0 Å². The molecular weight excluding hydrogens is 528 g/mol. The lowest BCUT2D eigenvalue weighted by molar-refractivity contribution is -0.384. The topological polar surface area (TPSA) is 157 Å². The van der Waals surface area contributed by atoms with Crippen LogP contribution in [0.15, 0.2) is 68.7 Å². The van der Waals surface area contributed by atoms with Gasteiger partial charge >= 0.3 is 0 Å². The average Bonchev–Trinajstić information content (AvgIpc) is 3.34. The molecule has 0 aliphatic carbocycles. The van der Waals surface area contributed by atoms with Crippen molar-refractivity contribution in [2.45, 2.75) is 40.7 Å². The molecule has 3 rings (SSSR count). The summed E-state index contributed by atoms with van der Waals surface area (Å²) in [4.78, 5) is 26.6. The largest absolute Gasteiger partial charge is 0.298 e. The minimum atomic E-state index is -3.99. The second-order valence-corrected chi connectivity index (χ2v) is 12.7. The van der Waals surface area contributed by atoms with Crippen molar-refractivity contribution in [3.8, 4) is 0 Å². The standard InChI is InChI=1S/C22H24N4O7S3/c1-3-5-14-25(4-2)36(32,33)19-10-6-16(7-11-19)21(27)24-22-23-15-20(34-22)35(30,31)18-12-8-17(9-13-18)26(28)29/h6-13,15H,3-5,14H2,1-2H3,(H,23,24,27). The highest BCUT2D eigenvalue weighted by Crippen LogP contribution is 2.30. The number of hydrogen-bond donors (Lipinski definition) is 1. The van der Waals surface area contributed by atoms with Crippen LogP contribution >= 0.6 is 11.3 Å². The Hall–Kier alpha value is -3.20. The number of anilines is 1. The summed E-state index contributed by atoms with van der Waals surface area (Å²) >= 11 is 0.723. The fourth-order valence-corrected chi connectivity index (χ4v) is 7.10. The number of thiazole rings is 1. The molecule has 0 radical (unpaired) electrons. The summed E-state index contributed by atoms with van der Waals surface area (Å²) in [5.41, 5.74) is -0.0751. The molecule has 14 heteroatoms. The number of nitrogens with zero attached hydrogens (tertiary/aromatic N) is 3. The van der Waals surface area contributed by atoms with E-state index in [1.165, 1.54) is 28.6 Å². The van der Waals surface area contributed by atoms with Gasteiger partial charge in [0.2, 0.25) is 19.9 Å². The predicted molar refractivity (Wildman–Crippen MR) is 134 cm³/mol. The van der Waals surface area contributed by atoms with Crippen LogP contribution in [0.2, 0.25) is 0 Å². The van der Waals surface area contributed by atoms with Crippen molar-refractivity contribution >= 4 is 47.9 Å². The van der Waals surface area contributed by atoms with Crippen molar-refractivity contribution in [3.63, 3.8) is 0 Å². The number of carbonyl (C=O) groups is 1. The zero-order valence-corrected chi connectivity index (χ0v) is 21.9. The first-order chi connectivity index (χ1) is 17.0. The highest BCUT2D eigenvalue weighted by Gasteiger charge is 2.24. The summed E-state index contributed by atoms with van der Waals surface area (Å²) in [5, 5.41) is 13.3. The number of amides is 1. The molecule has 0 aliphatic rings. The number of nitro groups is 1. The SMILES string of the molecule is CCCCN(CC)S(=O)(=O)c1ccc(C(=O)Nc2ncc(S(=O)(=O)c3ccc([N+](=O)[O-])cc3)s2)cc1. The van der Waals surface area contributed by atoms with E-state index in [2.05, 4.69) is 10.3 Å². The molecule has 1 N–H and O–H groups in total. The Morgan fingerprint density at radius 3 is 2.19 bits per heavy atom. The van der Waals surface area contributed by atoms with Crippen LogP contribution < -0.4 is 5.32 Å². The van der Waals surface area contributed by atoms with E-state index in [1.807, 2.05) is 6.92 Å². The maximum Gasteiger partial charge on any atom is 0.269 e. The minimum Gasteiger partial charge on any atom is -0.298 e. The number of non-ortho nitro benzene ring substituents is 1. The van der Waals surface area contributed by atoms with E-state index in [4.69, 9.17) is 0 Å². The first-order valence-corrected chi connectivity index (χ1v) is 14.6. The highest BCUT2D eigenvalue weighted by molar-refractivity contribution is 7.93. The number of unbranched alkanes of at least 4 members (excludes halogenated alkanes) is 1. The smallest absolute Gasteiger partial charge is 0.269 e. The van der Waals surface area contributed by atoms with Crippen molar-refractivity contribution < 1.29 is 26.6 Å². The molecule has 0 spiro atoms. The molecule has 0 bridgehead atoms. The number of benzene rings is 2. The molecule has 1 aromatic heterocycles. The number of carbonyl (C=O) groups excluding carboxylic acids is 1. The molecule has 0 unspecified atom stereocenters. The Morgan fingerprint density at radius 1 is 1.03 bits per heavy atom. The maximum atomic E-state index is 12.8. The first kappa shape index (κ1) is 27.4.